The summed E-state index contributed by atoms with van der Waals surface area (Å²) in [6.07, 6.45) is 0. The van der Waals surface area contributed by atoms with E-state index in [1.54, 1.807) is 27.7 Å². The molecule has 0 aromatic heterocycles. The normalized spacial score (nSPS) is 11.2. The van der Waals surface area contributed by atoms with Crippen LogP contribution < -0.4 is 0 Å². The molecule has 0 spiro atoms. The van der Waals surface area contributed by atoms with Gasteiger partial charge in [0.05, 0.1) is 12.2 Å². The third-order valence-corrected chi connectivity index (χ3v) is 2.41. The van der Waals surface area contributed by atoms with E-state index in [2.05, 4.69) is 0 Å². The lowest BCUT2D eigenvalue weighted by Gasteiger charge is -2.16. The summed E-state index contributed by atoms with van der Waals surface area (Å²) >= 11 is 0. The molecule has 0 aliphatic carbocycles. The quantitative estimate of drug-likeness (QED) is 0.612. The van der Waals surface area contributed by atoms with Crippen LogP contribution in [0.4, 0.5) is 4.39 Å². The number of hydrogen-bond donors (Lipinski definition) is 0. The van der Waals surface area contributed by atoms with Crippen LogP contribution in [0, 0.1) is 11.2 Å². The van der Waals surface area contributed by atoms with Crippen LogP contribution in [-0.2, 0) is 4.74 Å². The molecule has 0 aliphatic heterocycles. The van der Waals surface area contributed by atoms with Crippen molar-refractivity contribution < 1.29 is 18.7 Å². The monoisotopic (exact) mass is 252 g/mol. The minimum absolute atomic E-state index is 0.151. The van der Waals surface area contributed by atoms with Crippen molar-refractivity contribution in [1.29, 1.82) is 0 Å². The van der Waals surface area contributed by atoms with Crippen molar-refractivity contribution in [3.8, 4) is 0 Å². The van der Waals surface area contributed by atoms with Gasteiger partial charge < -0.3 is 4.74 Å². The largest absolute Gasteiger partial charge is 0.462 e. The van der Waals surface area contributed by atoms with Crippen LogP contribution in [0.5, 0.6) is 0 Å². The maximum absolute atomic E-state index is 13.7. The highest BCUT2D eigenvalue weighted by atomic mass is 19.1. The molecule has 0 saturated heterocycles. The standard InChI is InChI=1S/C14H17FO3/c1-5-18-13(17)10-7-6-9(8-11(10)15)12(16)14(2,3)4/h6-8H,5H2,1-4H3. The fourth-order valence-corrected chi connectivity index (χ4v) is 1.46. The molecule has 0 bridgehead atoms. The Morgan fingerprint density at radius 3 is 2.33 bits per heavy atom. The Hall–Kier alpha value is -1.71. The molecule has 0 radical (unpaired) electrons. The lowest BCUT2D eigenvalue weighted by molar-refractivity contribution is 0.0520. The molecule has 4 heteroatoms. The van der Waals surface area contributed by atoms with Gasteiger partial charge in [0.1, 0.15) is 5.82 Å². The Labute approximate surface area is 106 Å². The van der Waals surface area contributed by atoms with E-state index in [1.807, 2.05) is 0 Å². The molecule has 0 saturated carbocycles. The molecule has 0 fully saturated rings. The number of rotatable bonds is 3. The van der Waals surface area contributed by atoms with Crippen molar-refractivity contribution in [3.63, 3.8) is 0 Å². The van der Waals surface area contributed by atoms with Crippen molar-refractivity contribution >= 4 is 11.8 Å². The second kappa shape index (κ2) is 5.29. The van der Waals surface area contributed by atoms with Gasteiger partial charge in [0.25, 0.3) is 0 Å². The highest BCUT2D eigenvalue weighted by Gasteiger charge is 2.24. The van der Waals surface area contributed by atoms with Gasteiger partial charge in [-0.3, -0.25) is 4.79 Å². The van der Waals surface area contributed by atoms with Crippen LogP contribution in [0.15, 0.2) is 18.2 Å². The third-order valence-electron chi connectivity index (χ3n) is 2.41. The topological polar surface area (TPSA) is 43.4 Å². The summed E-state index contributed by atoms with van der Waals surface area (Å²) in [6.45, 7) is 7.10. The van der Waals surface area contributed by atoms with Crippen LogP contribution in [-0.4, -0.2) is 18.4 Å². The lowest BCUT2D eigenvalue weighted by atomic mass is 9.86. The lowest BCUT2D eigenvalue weighted by Crippen LogP contribution is -2.20. The summed E-state index contributed by atoms with van der Waals surface area (Å²) in [5.74, 6) is -1.62. The minimum atomic E-state index is -0.733. The summed E-state index contributed by atoms with van der Waals surface area (Å²) in [5, 5.41) is 0. The average Bonchev–Trinajstić information content (AvgIpc) is 2.26. The van der Waals surface area contributed by atoms with Crippen molar-refractivity contribution in [2.45, 2.75) is 27.7 Å². The van der Waals surface area contributed by atoms with Gasteiger partial charge in [-0.1, -0.05) is 26.8 Å². The molecule has 1 aromatic carbocycles. The van der Waals surface area contributed by atoms with E-state index >= 15 is 0 Å². The Bertz CT molecular complexity index is 472. The average molecular weight is 252 g/mol. The van der Waals surface area contributed by atoms with Gasteiger partial charge >= 0.3 is 5.97 Å². The van der Waals surface area contributed by atoms with Crippen LogP contribution in [0.3, 0.4) is 0 Å². The SMILES string of the molecule is CCOC(=O)c1ccc(C(=O)C(C)(C)C)cc1F. The maximum Gasteiger partial charge on any atom is 0.341 e. The van der Waals surface area contributed by atoms with Gasteiger partial charge in [-0.15, -0.1) is 0 Å². The molecule has 0 amide bonds. The van der Waals surface area contributed by atoms with E-state index in [0.29, 0.717) is 0 Å². The van der Waals surface area contributed by atoms with E-state index in [-0.39, 0.29) is 23.5 Å². The number of benzene rings is 1. The van der Waals surface area contributed by atoms with Gasteiger partial charge in [0, 0.05) is 11.0 Å². The van der Waals surface area contributed by atoms with Gasteiger partial charge in [-0.25, -0.2) is 9.18 Å². The molecule has 98 valence electrons. The number of carbonyl (C=O) groups is 2. The summed E-state index contributed by atoms with van der Waals surface area (Å²) in [5.41, 5.74) is -0.479. The number of esters is 1. The molecular formula is C14H17FO3. The van der Waals surface area contributed by atoms with Gasteiger partial charge in [0.15, 0.2) is 5.78 Å². The molecule has 18 heavy (non-hydrogen) atoms. The predicted molar refractivity (Wildman–Crippen MR) is 66.1 cm³/mol. The fraction of sp³-hybridized carbons (Fsp3) is 0.429. The summed E-state index contributed by atoms with van der Waals surface area (Å²) in [6, 6.07) is 3.81. The number of ether oxygens (including phenoxy) is 1. The molecule has 1 aromatic rings. The first-order chi connectivity index (χ1) is 8.27. The Balaban J connectivity index is 3.07. The van der Waals surface area contributed by atoms with Crippen molar-refractivity contribution in [1.82, 2.24) is 0 Å². The summed E-state index contributed by atoms with van der Waals surface area (Å²) in [4.78, 5) is 23.3. The zero-order valence-corrected chi connectivity index (χ0v) is 11.0. The number of Topliss-reactive ketones (excluding diaryl/α,β-unsaturated/α-hetero) is 1. The molecule has 3 nitrogen and oxygen atoms in total. The van der Waals surface area contributed by atoms with Gasteiger partial charge in [0.2, 0.25) is 0 Å². The van der Waals surface area contributed by atoms with Crippen LogP contribution in [0.1, 0.15) is 48.4 Å². The summed E-state index contributed by atoms with van der Waals surface area (Å²) < 4.78 is 18.4. The smallest absolute Gasteiger partial charge is 0.341 e. The van der Waals surface area contributed by atoms with E-state index in [9.17, 15) is 14.0 Å². The second-order valence-corrected chi connectivity index (χ2v) is 4.99. The zero-order chi connectivity index (χ0) is 13.9. The van der Waals surface area contributed by atoms with E-state index in [4.69, 9.17) is 4.74 Å². The molecular weight excluding hydrogens is 235 g/mol. The Morgan fingerprint density at radius 1 is 1.28 bits per heavy atom. The predicted octanol–water partition coefficient (Wildman–Crippen LogP) is 3.23. The minimum Gasteiger partial charge on any atom is -0.462 e. The van der Waals surface area contributed by atoms with Crippen molar-refractivity contribution in [2.75, 3.05) is 6.61 Å². The molecule has 0 heterocycles. The van der Waals surface area contributed by atoms with Crippen LogP contribution >= 0.6 is 0 Å². The molecule has 1 rings (SSSR count). The number of halogens is 1. The third kappa shape index (κ3) is 3.15. The maximum atomic E-state index is 13.7. The fourth-order valence-electron chi connectivity index (χ4n) is 1.46. The highest BCUT2D eigenvalue weighted by molar-refractivity contribution is 6.00. The molecule has 0 unspecified atom stereocenters. The van der Waals surface area contributed by atoms with E-state index in [1.165, 1.54) is 12.1 Å². The first kappa shape index (κ1) is 14.4. The number of hydrogen-bond acceptors (Lipinski definition) is 3. The number of carbonyl (C=O) groups excluding carboxylic acids is 2. The first-order valence-corrected chi connectivity index (χ1v) is 5.79. The van der Waals surface area contributed by atoms with Crippen molar-refractivity contribution in [3.05, 3.63) is 35.1 Å². The van der Waals surface area contributed by atoms with Crippen molar-refractivity contribution in [2.24, 2.45) is 5.41 Å². The van der Waals surface area contributed by atoms with Gasteiger partial charge in [-0.05, 0) is 19.1 Å². The Kier molecular flexibility index (Phi) is 4.22. The second-order valence-electron chi connectivity index (χ2n) is 4.99. The zero-order valence-electron chi connectivity index (χ0n) is 11.0. The molecule has 0 aliphatic rings. The van der Waals surface area contributed by atoms with Gasteiger partial charge in [-0.2, -0.15) is 0 Å². The van der Waals surface area contributed by atoms with E-state index in [0.717, 1.165) is 6.07 Å². The van der Waals surface area contributed by atoms with Crippen LogP contribution in [0.25, 0.3) is 0 Å². The molecule has 0 N–H and O–H groups in total. The highest BCUT2D eigenvalue weighted by Crippen LogP contribution is 2.22. The first-order valence-electron chi connectivity index (χ1n) is 5.79. The Morgan fingerprint density at radius 2 is 1.89 bits per heavy atom. The molecule has 0 atom stereocenters. The van der Waals surface area contributed by atoms with Crippen LogP contribution in [0.2, 0.25) is 0 Å². The van der Waals surface area contributed by atoms with E-state index < -0.39 is 17.2 Å². The summed E-state index contributed by atoms with van der Waals surface area (Å²) in [7, 11) is 0. The number of ketones is 1.